The average molecular weight is 600 g/mol. The zero-order valence-corrected chi connectivity index (χ0v) is 25.0. The summed E-state index contributed by atoms with van der Waals surface area (Å²) >= 11 is 0. The first-order valence-corrected chi connectivity index (χ1v) is 15.9. The van der Waals surface area contributed by atoms with Crippen molar-refractivity contribution in [1.29, 1.82) is 0 Å². The molecule has 4 rings (SSSR count). The van der Waals surface area contributed by atoms with Crippen molar-refractivity contribution in [3.05, 3.63) is 41.1 Å². The third-order valence-electron chi connectivity index (χ3n) is 7.79. The fraction of sp³-hybridized carbons (Fsp3) is 0.600. The van der Waals surface area contributed by atoms with E-state index in [1.165, 1.54) is 12.1 Å². The van der Waals surface area contributed by atoms with Gasteiger partial charge in [0.25, 0.3) is 5.91 Å². The molecule has 228 valence electrons. The molecule has 2 heterocycles. The van der Waals surface area contributed by atoms with Crippen LogP contribution in [0.2, 0.25) is 0 Å². The smallest absolute Gasteiger partial charge is 0.381 e. The Labute approximate surface area is 240 Å². The van der Waals surface area contributed by atoms with E-state index in [4.69, 9.17) is 4.74 Å². The number of amides is 1. The molecule has 2 aliphatic rings. The largest absolute Gasteiger partial charge is 0.417 e. The lowest BCUT2D eigenvalue weighted by atomic mass is 9.88. The lowest BCUT2D eigenvalue weighted by Crippen LogP contribution is -2.41. The minimum absolute atomic E-state index is 0.0427. The lowest BCUT2D eigenvalue weighted by Gasteiger charge is -2.27. The average Bonchev–Trinajstić information content (AvgIpc) is 3.19. The number of hydrogen-bond donors (Lipinski definition) is 2. The molecule has 2 N–H and O–H groups in total. The Morgan fingerprint density at radius 1 is 1.07 bits per heavy atom. The van der Waals surface area contributed by atoms with Crippen LogP contribution >= 0.6 is 0 Å². The molecule has 1 aliphatic carbocycles. The van der Waals surface area contributed by atoms with Crippen molar-refractivity contribution < 1.29 is 31.3 Å². The Morgan fingerprint density at radius 3 is 2.29 bits per heavy atom. The van der Waals surface area contributed by atoms with Crippen LogP contribution < -0.4 is 10.0 Å². The second-order valence-corrected chi connectivity index (χ2v) is 14.3. The van der Waals surface area contributed by atoms with E-state index in [0.29, 0.717) is 75.2 Å². The van der Waals surface area contributed by atoms with Crippen LogP contribution in [0.1, 0.15) is 80.9 Å². The molecule has 0 bridgehead atoms. The van der Waals surface area contributed by atoms with Crippen LogP contribution in [0.15, 0.2) is 29.2 Å². The first-order chi connectivity index (χ1) is 19.0. The summed E-state index contributed by atoms with van der Waals surface area (Å²) in [6.45, 7) is 8.48. The Bertz CT molecular complexity index is 1350. The highest BCUT2D eigenvalue weighted by molar-refractivity contribution is 7.98. The molecule has 1 saturated heterocycles. The van der Waals surface area contributed by atoms with Crippen LogP contribution in [0.5, 0.6) is 0 Å². The van der Waals surface area contributed by atoms with Crippen LogP contribution in [0.4, 0.5) is 17.6 Å². The van der Waals surface area contributed by atoms with E-state index < -0.39 is 38.1 Å². The second-order valence-electron chi connectivity index (χ2n) is 12.4. The van der Waals surface area contributed by atoms with E-state index in [2.05, 4.69) is 15.9 Å². The number of nitrogens with one attached hydrogen (secondary N) is 2. The highest BCUT2D eigenvalue weighted by Gasteiger charge is 2.37. The van der Waals surface area contributed by atoms with Crippen molar-refractivity contribution in [3.63, 3.8) is 0 Å². The van der Waals surface area contributed by atoms with E-state index in [1.807, 2.05) is 4.57 Å². The highest BCUT2D eigenvalue weighted by atomic mass is 32.2. The first kappa shape index (κ1) is 31.6. The Balaban J connectivity index is 1.78. The predicted molar refractivity (Wildman–Crippen MR) is 154 cm³/mol. The maximum atomic E-state index is 14.4. The number of hydrogen-bond acceptors (Lipinski definition) is 3. The standard InChI is InChI=1S/C30H41F4N3O3S/c1-19-24(28(38)35-23-12-14-40-15-13-23)17-26(37(19)18-20-6-9-22(31)10-7-20)21-8-11-27(25(16-21)30(32,33)34)41(5,39)36-29(2,3)4/h8,11,16-17,20,22-23H,5-7,9-10,12-15,18H2,1-4H3,(H,35,38)(H,36,39). The molecule has 1 aromatic carbocycles. The first-order valence-electron chi connectivity index (χ1n) is 14.2. The summed E-state index contributed by atoms with van der Waals surface area (Å²) < 4.78 is 80.4. The van der Waals surface area contributed by atoms with Gasteiger partial charge >= 0.3 is 6.18 Å². The van der Waals surface area contributed by atoms with E-state index in [1.54, 1.807) is 33.8 Å². The fourth-order valence-corrected chi connectivity index (χ4v) is 7.68. The van der Waals surface area contributed by atoms with Gasteiger partial charge in [-0.25, -0.2) is 13.3 Å². The normalized spacial score (nSPS) is 22.3. The summed E-state index contributed by atoms with van der Waals surface area (Å²) in [7, 11) is -3.49. The summed E-state index contributed by atoms with van der Waals surface area (Å²) in [5.41, 5.74) is -0.0444. The van der Waals surface area contributed by atoms with Gasteiger partial charge < -0.3 is 14.6 Å². The van der Waals surface area contributed by atoms with Gasteiger partial charge in [-0.05, 0) is 102 Å². The molecular weight excluding hydrogens is 558 g/mol. The molecule has 2 fully saturated rings. The number of carbonyl (C=O) groups is 1. The van der Waals surface area contributed by atoms with Crippen molar-refractivity contribution in [3.8, 4) is 11.3 Å². The van der Waals surface area contributed by atoms with Crippen LogP contribution in [0.25, 0.3) is 11.3 Å². The maximum Gasteiger partial charge on any atom is 0.417 e. The topological polar surface area (TPSA) is 72.4 Å². The van der Waals surface area contributed by atoms with Crippen molar-refractivity contribution >= 4 is 21.5 Å². The van der Waals surface area contributed by atoms with Crippen LogP contribution in [-0.4, -0.2) is 51.5 Å². The van der Waals surface area contributed by atoms with Gasteiger partial charge in [0.05, 0.1) is 25.7 Å². The Hall–Kier alpha value is -2.37. The summed E-state index contributed by atoms with van der Waals surface area (Å²) in [6, 6.07) is 5.31. The minimum atomic E-state index is -4.79. The highest BCUT2D eigenvalue weighted by Crippen LogP contribution is 2.39. The molecule has 1 unspecified atom stereocenters. The number of rotatable bonds is 7. The molecule has 1 atom stereocenters. The molecule has 6 nitrogen and oxygen atoms in total. The number of halogens is 4. The summed E-state index contributed by atoms with van der Waals surface area (Å²) in [5, 5.41) is 3.05. The van der Waals surface area contributed by atoms with Crippen molar-refractivity contribution in [1.82, 2.24) is 14.6 Å². The van der Waals surface area contributed by atoms with Gasteiger partial charge in [0.15, 0.2) is 0 Å². The molecule has 1 aromatic heterocycles. The van der Waals surface area contributed by atoms with Gasteiger partial charge in [-0.2, -0.15) is 13.2 Å². The lowest BCUT2D eigenvalue weighted by molar-refractivity contribution is -0.139. The zero-order valence-electron chi connectivity index (χ0n) is 24.2. The number of aromatic nitrogens is 1. The van der Waals surface area contributed by atoms with Crippen molar-refractivity contribution in [2.24, 2.45) is 5.92 Å². The molecule has 41 heavy (non-hydrogen) atoms. The monoisotopic (exact) mass is 599 g/mol. The maximum absolute atomic E-state index is 14.4. The number of carbonyl (C=O) groups excluding carboxylic acids is 1. The van der Waals surface area contributed by atoms with Crippen molar-refractivity contribution in [2.45, 2.75) is 102 Å². The van der Waals surface area contributed by atoms with Gasteiger partial charge in [0.2, 0.25) is 0 Å². The third kappa shape index (κ3) is 7.73. The van der Waals surface area contributed by atoms with E-state index >= 15 is 0 Å². The summed E-state index contributed by atoms with van der Waals surface area (Å²) in [5.74, 6) is 3.47. The molecule has 1 saturated carbocycles. The van der Waals surface area contributed by atoms with Gasteiger partial charge in [-0.1, -0.05) is 6.07 Å². The number of ether oxygens (including phenoxy) is 1. The molecule has 1 aliphatic heterocycles. The van der Waals surface area contributed by atoms with Gasteiger partial charge in [-0.15, -0.1) is 0 Å². The minimum Gasteiger partial charge on any atom is -0.381 e. The number of benzene rings is 1. The zero-order chi connectivity index (χ0) is 30.2. The molecule has 0 radical (unpaired) electrons. The van der Waals surface area contributed by atoms with E-state index in [0.717, 1.165) is 6.07 Å². The van der Waals surface area contributed by atoms with Gasteiger partial charge in [0.1, 0.15) is 6.17 Å². The van der Waals surface area contributed by atoms with E-state index in [-0.39, 0.29) is 23.4 Å². The Kier molecular flexibility index (Phi) is 9.31. The van der Waals surface area contributed by atoms with E-state index in [9.17, 15) is 26.6 Å². The fourth-order valence-electron chi connectivity index (χ4n) is 5.77. The predicted octanol–water partition coefficient (Wildman–Crippen LogP) is 6.30. The van der Waals surface area contributed by atoms with Crippen LogP contribution in [0.3, 0.4) is 0 Å². The Morgan fingerprint density at radius 2 is 1.71 bits per heavy atom. The van der Waals surface area contributed by atoms with Crippen molar-refractivity contribution in [2.75, 3.05) is 13.2 Å². The van der Waals surface area contributed by atoms with Crippen LogP contribution in [-0.2, 0) is 27.2 Å². The van der Waals surface area contributed by atoms with Crippen LogP contribution in [0, 0.1) is 12.8 Å². The van der Waals surface area contributed by atoms with Gasteiger partial charge in [0, 0.05) is 42.7 Å². The second kappa shape index (κ2) is 12.1. The van der Waals surface area contributed by atoms with Gasteiger partial charge in [-0.3, -0.25) is 4.79 Å². The number of alkyl halides is 4. The molecule has 0 spiro atoms. The number of nitrogens with zero attached hydrogens (tertiary/aromatic N) is 1. The molecule has 2 aromatic rings. The molecule has 11 heteroatoms. The SMILES string of the molecule is C=S(=O)(NC(C)(C)C)c1ccc(-c2cc(C(=O)NC3CCOCC3)c(C)n2CC2CCC(F)CC2)cc1C(F)(F)F. The third-order valence-corrected chi connectivity index (χ3v) is 9.80. The summed E-state index contributed by atoms with van der Waals surface area (Å²) in [4.78, 5) is 12.9. The molecular formula is C30H41F4N3O3S. The summed E-state index contributed by atoms with van der Waals surface area (Å²) in [6.07, 6.45) is -2.03. The molecule has 1 amide bonds. The quantitative estimate of drug-likeness (QED) is 0.290.